The van der Waals surface area contributed by atoms with Gasteiger partial charge in [-0.05, 0) is 30.0 Å². The van der Waals surface area contributed by atoms with Gasteiger partial charge in [-0.3, -0.25) is 0 Å². The van der Waals surface area contributed by atoms with E-state index in [1.807, 2.05) is 24.3 Å². The first kappa shape index (κ1) is 15.8. The molecule has 1 aromatic carbocycles. The van der Waals surface area contributed by atoms with Crippen molar-refractivity contribution < 1.29 is 4.74 Å². The van der Waals surface area contributed by atoms with Crippen molar-refractivity contribution in [2.45, 2.75) is 20.3 Å². The van der Waals surface area contributed by atoms with Crippen LogP contribution in [0.15, 0.2) is 28.7 Å². The van der Waals surface area contributed by atoms with Gasteiger partial charge in [0.1, 0.15) is 12.4 Å². The van der Waals surface area contributed by atoms with Gasteiger partial charge >= 0.3 is 0 Å². The van der Waals surface area contributed by atoms with E-state index in [-0.39, 0.29) is 5.41 Å². The number of ether oxygens (including phenoxy) is 1. The van der Waals surface area contributed by atoms with Crippen LogP contribution in [-0.4, -0.2) is 25.6 Å². The lowest BCUT2D eigenvalue weighted by Crippen LogP contribution is -2.32. The molecule has 0 bridgehead atoms. The molecular formula is C14H21BrClNO. The molecule has 0 fully saturated rings. The molecule has 1 N–H and O–H groups in total. The Kier molecular flexibility index (Phi) is 7.05. The van der Waals surface area contributed by atoms with Gasteiger partial charge in [0.15, 0.2) is 0 Å². The molecule has 0 aliphatic rings. The first-order chi connectivity index (χ1) is 8.53. The van der Waals surface area contributed by atoms with E-state index in [9.17, 15) is 0 Å². The number of alkyl halides is 1. The lowest BCUT2D eigenvalue weighted by atomic mass is 9.90. The van der Waals surface area contributed by atoms with E-state index in [2.05, 4.69) is 35.1 Å². The second-order valence-corrected chi connectivity index (χ2v) is 6.38. The fraction of sp³-hybridized carbons (Fsp3) is 0.571. The van der Waals surface area contributed by atoms with Gasteiger partial charge in [0.05, 0.1) is 0 Å². The van der Waals surface area contributed by atoms with Crippen LogP contribution < -0.4 is 10.1 Å². The summed E-state index contributed by atoms with van der Waals surface area (Å²) >= 11 is 9.18. The van der Waals surface area contributed by atoms with Crippen LogP contribution in [0, 0.1) is 5.41 Å². The smallest absolute Gasteiger partial charge is 0.120 e. The van der Waals surface area contributed by atoms with E-state index in [0.717, 1.165) is 29.7 Å². The van der Waals surface area contributed by atoms with Gasteiger partial charge in [-0.25, -0.2) is 0 Å². The first-order valence-electron chi connectivity index (χ1n) is 6.18. The average Bonchev–Trinajstić information content (AvgIpc) is 2.28. The summed E-state index contributed by atoms with van der Waals surface area (Å²) in [6.07, 6.45) is 1.02. The minimum absolute atomic E-state index is 0.248. The second-order valence-electron chi connectivity index (χ2n) is 5.09. The fourth-order valence-corrected chi connectivity index (χ4v) is 2.46. The number of benzene rings is 1. The summed E-state index contributed by atoms with van der Waals surface area (Å²) < 4.78 is 6.68. The zero-order valence-corrected chi connectivity index (χ0v) is 13.4. The van der Waals surface area contributed by atoms with Crippen LogP contribution in [-0.2, 0) is 0 Å². The maximum atomic E-state index is 5.76. The number of nitrogens with one attached hydrogen (secondary N) is 1. The molecule has 0 spiro atoms. The molecule has 1 rings (SSSR count). The van der Waals surface area contributed by atoms with Crippen molar-refractivity contribution >= 4 is 27.5 Å². The van der Waals surface area contributed by atoms with E-state index in [4.69, 9.17) is 16.3 Å². The standard InChI is InChI=1S/C14H21BrClNO/c1-14(2,6-7-16)11-17-8-9-18-13-5-3-4-12(15)10-13/h3-5,10,17H,6-9,11H2,1-2H3. The minimum atomic E-state index is 0.248. The Hall–Kier alpha value is -0.250. The first-order valence-corrected chi connectivity index (χ1v) is 7.51. The summed E-state index contributed by atoms with van der Waals surface area (Å²) in [6, 6.07) is 7.88. The van der Waals surface area contributed by atoms with Crippen LogP contribution in [0.3, 0.4) is 0 Å². The van der Waals surface area contributed by atoms with Crippen LogP contribution in [0.5, 0.6) is 5.75 Å². The minimum Gasteiger partial charge on any atom is -0.492 e. The summed E-state index contributed by atoms with van der Waals surface area (Å²) in [5.74, 6) is 1.61. The van der Waals surface area contributed by atoms with Crippen LogP contribution in [0.4, 0.5) is 0 Å². The number of halogens is 2. The molecule has 0 aliphatic carbocycles. The Labute approximate surface area is 123 Å². The summed E-state index contributed by atoms with van der Waals surface area (Å²) in [7, 11) is 0. The molecule has 4 heteroatoms. The lowest BCUT2D eigenvalue weighted by molar-refractivity contribution is 0.284. The van der Waals surface area contributed by atoms with E-state index in [1.54, 1.807) is 0 Å². The maximum absolute atomic E-state index is 5.76. The number of rotatable bonds is 8. The molecule has 0 unspecified atom stereocenters. The van der Waals surface area contributed by atoms with Gasteiger partial charge < -0.3 is 10.1 Å². The highest BCUT2D eigenvalue weighted by molar-refractivity contribution is 9.10. The Balaban J connectivity index is 2.16. The molecule has 0 saturated carbocycles. The van der Waals surface area contributed by atoms with Crippen molar-refractivity contribution in [3.05, 3.63) is 28.7 Å². The highest BCUT2D eigenvalue weighted by atomic mass is 79.9. The Bertz CT molecular complexity index is 357. The molecule has 0 saturated heterocycles. The topological polar surface area (TPSA) is 21.3 Å². The van der Waals surface area contributed by atoms with Crippen LogP contribution >= 0.6 is 27.5 Å². The average molecular weight is 335 g/mol. The third-order valence-electron chi connectivity index (χ3n) is 2.72. The molecule has 2 nitrogen and oxygen atoms in total. The van der Waals surface area contributed by atoms with E-state index < -0.39 is 0 Å². The largest absolute Gasteiger partial charge is 0.492 e. The molecule has 0 heterocycles. The van der Waals surface area contributed by atoms with Gasteiger partial charge in [-0.2, -0.15) is 0 Å². The van der Waals surface area contributed by atoms with Crippen molar-refractivity contribution in [3.63, 3.8) is 0 Å². The Morgan fingerprint density at radius 3 is 2.83 bits per heavy atom. The number of hydrogen-bond acceptors (Lipinski definition) is 2. The molecule has 0 aromatic heterocycles. The second kappa shape index (κ2) is 8.03. The van der Waals surface area contributed by atoms with Crippen molar-refractivity contribution in [1.82, 2.24) is 5.32 Å². The van der Waals surface area contributed by atoms with Crippen LogP contribution in [0.25, 0.3) is 0 Å². The predicted molar refractivity (Wildman–Crippen MR) is 81.6 cm³/mol. The summed E-state index contributed by atoms with van der Waals surface area (Å²) in [6.45, 7) is 6.92. The van der Waals surface area contributed by atoms with Crippen LogP contribution in [0.2, 0.25) is 0 Å². The highest BCUT2D eigenvalue weighted by Gasteiger charge is 2.15. The molecule has 0 amide bonds. The highest BCUT2D eigenvalue weighted by Crippen LogP contribution is 2.19. The molecule has 18 heavy (non-hydrogen) atoms. The zero-order chi connectivity index (χ0) is 13.4. The molecule has 0 atom stereocenters. The SMILES string of the molecule is CC(C)(CCCl)CNCCOc1cccc(Br)c1. The third-order valence-corrected chi connectivity index (χ3v) is 3.40. The van der Waals surface area contributed by atoms with Crippen molar-refractivity contribution in [2.75, 3.05) is 25.6 Å². The maximum Gasteiger partial charge on any atom is 0.120 e. The normalized spacial score (nSPS) is 11.6. The van der Waals surface area contributed by atoms with Gasteiger partial charge in [-0.15, -0.1) is 11.6 Å². The zero-order valence-electron chi connectivity index (χ0n) is 11.0. The Morgan fingerprint density at radius 1 is 1.39 bits per heavy atom. The third kappa shape index (κ3) is 6.62. The van der Waals surface area contributed by atoms with Crippen LogP contribution in [0.1, 0.15) is 20.3 Å². The van der Waals surface area contributed by atoms with Crippen molar-refractivity contribution in [1.29, 1.82) is 0 Å². The quantitative estimate of drug-likeness (QED) is 0.571. The molecule has 1 aromatic rings. The summed E-state index contributed by atoms with van der Waals surface area (Å²) in [5.41, 5.74) is 0.248. The molecule has 0 aliphatic heterocycles. The Morgan fingerprint density at radius 2 is 2.17 bits per heavy atom. The molecule has 0 radical (unpaired) electrons. The van der Waals surface area contributed by atoms with Crippen molar-refractivity contribution in [2.24, 2.45) is 5.41 Å². The van der Waals surface area contributed by atoms with Crippen molar-refractivity contribution in [3.8, 4) is 5.75 Å². The molecule has 102 valence electrons. The van der Waals surface area contributed by atoms with E-state index >= 15 is 0 Å². The predicted octanol–water partition coefficient (Wildman–Crippen LogP) is 4.07. The van der Waals surface area contributed by atoms with Gasteiger partial charge in [0.2, 0.25) is 0 Å². The van der Waals surface area contributed by atoms with Gasteiger partial charge in [-0.1, -0.05) is 35.8 Å². The van der Waals surface area contributed by atoms with Gasteiger partial charge in [0, 0.05) is 23.4 Å². The molecular weight excluding hydrogens is 314 g/mol. The number of hydrogen-bond donors (Lipinski definition) is 1. The summed E-state index contributed by atoms with van der Waals surface area (Å²) in [4.78, 5) is 0. The fourth-order valence-electron chi connectivity index (χ4n) is 1.57. The van der Waals surface area contributed by atoms with E-state index in [0.29, 0.717) is 12.5 Å². The lowest BCUT2D eigenvalue weighted by Gasteiger charge is -2.23. The monoisotopic (exact) mass is 333 g/mol. The van der Waals surface area contributed by atoms with E-state index in [1.165, 1.54) is 0 Å². The van der Waals surface area contributed by atoms with Gasteiger partial charge in [0.25, 0.3) is 0 Å². The summed E-state index contributed by atoms with van der Waals surface area (Å²) in [5, 5.41) is 3.40.